The fraction of sp³-hybridized carbons (Fsp3) is 0.333. The second-order valence-electron chi connectivity index (χ2n) is 7.00. The standard InChI is InChI=1S/C24H29NO3/c1-5-27-23-12-8-21(9-13-23)17-25-22-10-6-20(7-11-22)16-19(4)24(26)28-15-14-18(2)3/h6-13,16-18H,5,14-15H2,1-4H3/b19-16-,25-17?. The molecule has 0 atom stereocenters. The van der Waals surface area contributed by atoms with E-state index < -0.39 is 0 Å². The average molecular weight is 380 g/mol. The van der Waals surface area contributed by atoms with Crippen LogP contribution in [0.2, 0.25) is 0 Å². The number of nitrogens with zero attached hydrogens (tertiary/aromatic N) is 1. The zero-order valence-corrected chi connectivity index (χ0v) is 17.1. The second-order valence-corrected chi connectivity index (χ2v) is 7.00. The summed E-state index contributed by atoms with van der Waals surface area (Å²) in [5, 5.41) is 0. The van der Waals surface area contributed by atoms with E-state index in [0.29, 0.717) is 24.7 Å². The molecule has 0 saturated carbocycles. The van der Waals surface area contributed by atoms with Gasteiger partial charge in [0.05, 0.1) is 18.9 Å². The lowest BCUT2D eigenvalue weighted by molar-refractivity contribution is -0.139. The molecule has 148 valence electrons. The smallest absolute Gasteiger partial charge is 0.333 e. The molecule has 0 spiro atoms. The van der Waals surface area contributed by atoms with Crippen LogP contribution >= 0.6 is 0 Å². The molecular formula is C24H29NO3. The number of esters is 1. The Hall–Kier alpha value is -2.88. The summed E-state index contributed by atoms with van der Waals surface area (Å²) in [6.07, 6.45) is 4.52. The Morgan fingerprint density at radius 3 is 2.29 bits per heavy atom. The van der Waals surface area contributed by atoms with E-state index in [4.69, 9.17) is 9.47 Å². The van der Waals surface area contributed by atoms with Crippen molar-refractivity contribution in [3.8, 4) is 5.75 Å². The molecule has 0 unspecified atom stereocenters. The van der Waals surface area contributed by atoms with Crippen LogP contribution in [0.15, 0.2) is 59.1 Å². The van der Waals surface area contributed by atoms with Crippen molar-refractivity contribution in [1.82, 2.24) is 0 Å². The first-order valence-corrected chi connectivity index (χ1v) is 9.70. The highest BCUT2D eigenvalue weighted by atomic mass is 16.5. The molecule has 0 heterocycles. The van der Waals surface area contributed by atoms with Crippen LogP contribution < -0.4 is 4.74 Å². The van der Waals surface area contributed by atoms with Gasteiger partial charge in [-0.2, -0.15) is 0 Å². The number of hydrogen-bond acceptors (Lipinski definition) is 4. The summed E-state index contributed by atoms with van der Waals surface area (Å²) in [5.74, 6) is 1.11. The van der Waals surface area contributed by atoms with Crippen molar-refractivity contribution in [2.45, 2.75) is 34.1 Å². The predicted octanol–water partition coefficient (Wildman–Crippen LogP) is 5.83. The summed E-state index contributed by atoms with van der Waals surface area (Å²) in [6, 6.07) is 15.5. The fourth-order valence-electron chi connectivity index (χ4n) is 2.43. The van der Waals surface area contributed by atoms with Crippen LogP contribution in [0, 0.1) is 5.92 Å². The first-order chi connectivity index (χ1) is 13.5. The molecule has 0 bridgehead atoms. The van der Waals surface area contributed by atoms with E-state index in [9.17, 15) is 4.79 Å². The molecular weight excluding hydrogens is 350 g/mol. The number of carbonyl (C=O) groups is 1. The van der Waals surface area contributed by atoms with Gasteiger partial charge < -0.3 is 9.47 Å². The number of benzene rings is 2. The molecule has 4 nitrogen and oxygen atoms in total. The van der Waals surface area contributed by atoms with Crippen molar-refractivity contribution in [2.75, 3.05) is 13.2 Å². The van der Waals surface area contributed by atoms with Crippen LogP contribution in [0.1, 0.15) is 45.2 Å². The third kappa shape index (κ3) is 7.39. The van der Waals surface area contributed by atoms with Gasteiger partial charge in [0.2, 0.25) is 0 Å². The highest BCUT2D eigenvalue weighted by molar-refractivity contribution is 5.93. The van der Waals surface area contributed by atoms with Gasteiger partial charge in [-0.05, 0) is 79.8 Å². The molecule has 0 aliphatic carbocycles. The molecule has 28 heavy (non-hydrogen) atoms. The lowest BCUT2D eigenvalue weighted by Crippen LogP contribution is -2.08. The normalized spacial score (nSPS) is 11.8. The van der Waals surface area contributed by atoms with Crippen molar-refractivity contribution in [3.63, 3.8) is 0 Å². The van der Waals surface area contributed by atoms with Crippen molar-refractivity contribution in [2.24, 2.45) is 10.9 Å². The number of carbonyl (C=O) groups excluding carboxylic acids is 1. The van der Waals surface area contributed by atoms with Crippen molar-refractivity contribution in [3.05, 3.63) is 65.2 Å². The summed E-state index contributed by atoms with van der Waals surface area (Å²) in [6.45, 7) is 9.07. The van der Waals surface area contributed by atoms with E-state index in [2.05, 4.69) is 18.8 Å². The summed E-state index contributed by atoms with van der Waals surface area (Å²) in [7, 11) is 0. The minimum atomic E-state index is -0.266. The first-order valence-electron chi connectivity index (χ1n) is 9.70. The van der Waals surface area contributed by atoms with Crippen LogP contribution in [-0.4, -0.2) is 25.4 Å². The van der Waals surface area contributed by atoms with Crippen LogP contribution in [0.25, 0.3) is 6.08 Å². The molecule has 2 aromatic carbocycles. The van der Waals surface area contributed by atoms with Gasteiger partial charge in [0, 0.05) is 11.8 Å². The lowest BCUT2D eigenvalue weighted by atomic mass is 10.1. The van der Waals surface area contributed by atoms with Gasteiger partial charge >= 0.3 is 5.97 Å². The van der Waals surface area contributed by atoms with Gasteiger partial charge in [-0.25, -0.2) is 4.79 Å². The molecule has 0 saturated heterocycles. The lowest BCUT2D eigenvalue weighted by Gasteiger charge is -2.07. The highest BCUT2D eigenvalue weighted by Gasteiger charge is 2.06. The Morgan fingerprint density at radius 2 is 1.68 bits per heavy atom. The largest absolute Gasteiger partial charge is 0.494 e. The zero-order valence-electron chi connectivity index (χ0n) is 17.1. The van der Waals surface area contributed by atoms with Crippen LogP contribution in [-0.2, 0) is 9.53 Å². The van der Waals surface area contributed by atoms with E-state index in [-0.39, 0.29) is 5.97 Å². The minimum Gasteiger partial charge on any atom is -0.494 e. The molecule has 0 fully saturated rings. The van der Waals surface area contributed by atoms with Crippen LogP contribution in [0.3, 0.4) is 0 Å². The summed E-state index contributed by atoms with van der Waals surface area (Å²) < 4.78 is 10.7. The van der Waals surface area contributed by atoms with E-state index in [0.717, 1.165) is 29.0 Å². The monoisotopic (exact) mass is 379 g/mol. The maximum absolute atomic E-state index is 12.0. The fourth-order valence-corrected chi connectivity index (χ4v) is 2.43. The van der Waals surface area contributed by atoms with Gasteiger partial charge in [0.15, 0.2) is 0 Å². The van der Waals surface area contributed by atoms with Crippen molar-refractivity contribution in [1.29, 1.82) is 0 Å². The Kier molecular flexibility index (Phi) is 8.47. The van der Waals surface area contributed by atoms with Crippen molar-refractivity contribution < 1.29 is 14.3 Å². The van der Waals surface area contributed by atoms with E-state index in [1.807, 2.05) is 67.7 Å². The SMILES string of the molecule is CCOc1ccc(C=Nc2ccc(/C=C(/C)C(=O)OCCC(C)C)cc2)cc1. The van der Waals surface area contributed by atoms with E-state index in [1.165, 1.54) is 0 Å². The third-order valence-corrected chi connectivity index (χ3v) is 4.08. The summed E-state index contributed by atoms with van der Waals surface area (Å²) >= 11 is 0. The number of ether oxygens (including phenoxy) is 2. The number of aliphatic imine (C=N–C) groups is 1. The maximum Gasteiger partial charge on any atom is 0.333 e. The summed E-state index contributed by atoms with van der Waals surface area (Å²) in [5.41, 5.74) is 3.39. The van der Waals surface area contributed by atoms with Gasteiger partial charge in [0.25, 0.3) is 0 Å². The van der Waals surface area contributed by atoms with Crippen LogP contribution in [0.4, 0.5) is 5.69 Å². The molecule has 4 heteroatoms. The summed E-state index contributed by atoms with van der Waals surface area (Å²) in [4.78, 5) is 16.5. The third-order valence-electron chi connectivity index (χ3n) is 4.08. The van der Waals surface area contributed by atoms with Gasteiger partial charge in [-0.3, -0.25) is 4.99 Å². The first kappa shape index (κ1) is 21.4. The molecule has 0 aromatic heterocycles. The molecule has 0 aliphatic heterocycles. The maximum atomic E-state index is 12.0. The predicted molar refractivity (Wildman–Crippen MR) is 115 cm³/mol. The Labute approximate surface area is 167 Å². The minimum absolute atomic E-state index is 0.266. The molecule has 2 aromatic rings. The van der Waals surface area contributed by atoms with Crippen molar-refractivity contribution >= 4 is 23.9 Å². The zero-order chi connectivity index (χ0) is 20.4. The molecule has 2 rings (SSSR count). The van der Waals surface area contributed by atoms with Gasteiger partial charge in [-0.15, -0.1) is 0 Å². The van der Waals surface area contributed by atoms with Crippen LogP contribution in [0.5, 0.6) is 5.75 Å². The van der Waals surface area contributed by atoms with E-state index in [1.54, 1.807) is 6.92 Å². The Bertz CT molecular complexity index is 803. The average Bonchev–Trinajstić information content (AvgIpc) is 2.68. The van der Waals surface area contributed by atoms with Gasteiger partial charge in [0.1, 0.15) is 5.75 Å². The number of rotatable bonds is 9. The Morgan fingerprint density at radius 1 is 1.04 bits per heavy atom. The number of hydrogen-bond donors (Lipinski definition) is 0. The molecule has 0 radical (unpaired) electrons. The quantitative estimate of drug-likeness (QED) is 0.313. The Balaban J connectivity index is 1.94. The molecule has 0 aliphatic rings. The van der Waals surface area contributed by atoms with Gasteiger partial charge in [-0.1, -0.05) is 26.0 Å². The molecule has 0 amide bonds. The topological polar surface area (TPSA) is 47.9 Å². The molecule has 0 N–H and O–H groups in total. The van der Waals surface area contributed by atoms with E-state index >= 15 is 0 Å². The highest BCUT2D eigenvalue weighted by Crippen LogP contribution is 2.17. The second kappa shape index (κ2) is 11.1.